The van der Waals surface area contributed by atoms with Gasteiger partial charge in [0.1, 0.15) is 5.75 Å². The van der Waals surface area contributed by atoms with Crippen LogP contribution in [-0.4, -0.2) is 19.1 Å². The standard InChI is InChI=1S/C16H24N2O2/c1-2-10-20-14-7-5-6-13(11-14)18-15(19)16(12-17)8-3-4-9-16/h5-7,11H,2-4,8-10,12,17H2,1H3,(H,18,19). The van der Waals surface area contributed by atoms with Crippen LogP contribution in [-0.2, 0) is 4.79 Å². The van der Waals surface area contributed by atoms with Crippen LogP contribution in [0, 0.1) is 5.41 Å². The number of ether oxygens (including phenoxy) is 1. The van der Waals surface area contributed by atoms with Crippen molar-refractivity contribution >= 4 is 11.6 Å². The molecular formula is C16H24N2O2. The molecule has 4 heteroatoms. The Bertz CT molecular complexity index is 454. The van der Waals surface area contributed by atoms with Crippen molar-refractivity contribution in [1.29, 1.82) is 0 Å². The number of carbonyl (C=O) groups is 1. The maximum absolute atomic E-state index is 12.5. The van der Waals surface area contributed by atoms with E-state index in [1.165, 1.54) is 0 Å². The van der Waals surface area contributed by atoms with Crippen molar-refractivity contribution in [3.05, 3.63) is 24.3 Å². The minimum absolute atomic E-state index is 0.0464. The Morgan fingerprint density at radius 2 is 2.15 bits per heavy atom. The van der Waals surface area contributed by atoms with Gasteiger partial charge < -0.3 is 15.8 Å². The lowest BCUT2D eigenvalue weighted by molar-refractivity contribution is -0.124. The van der Waals surface area contributed by atoms with Gasteiger partial charge in [0.2, 0.25) is 5.91 Å². The van der Waals surface area contributed by atoms with E-state index < -0.39 is 0 Å². The lowest BCUT2D eigenvalue weighted by Crippen LogP contribution is -2.40. The Balaban J connectivity index is 2.03. The SMILES string of the molecule is CCCOc1cccc(NC(=O)C2(CN)CCCC2)c1. The number of rotatable bonds is 6. The third-order valence-corrected chi connectivity index (χ3v) is 4.00. The molecule has 0 radical (unpaired) electrons. The van der Waals surface area contributed by atoms with Crippen LogP contribution in [0.15, 0.2) is 24.3 Å². The van der Waals surface area contributed by atoms with Gasteiger partial charge in [-0.1, -0.05) is 25.8 Å². The summed E-state index contributed by atoms with van der Waals surface area (Å²) in [5, 5.41) is 2.99. The Morgan fingerprint density at radius 1 is 1.40 bits per heavy atom. The molecule has 1 aromatic rings. The van der Waals surface area contributed by atoms with Gasteiger partial charge in [-0.3, -0.25) is 4.79 Å². The third kappa shape index (κ3) is 3.31. The van der Waals surface area contributed by atoms with Crippen LogP contribution in [0.4, 0.5) is 5.69 Å². The Morgan fingerprint density at radius 3 is 2.80 bits per heavy atom. The summed E-state index contributed by atoms with van der Waals surface area (Å²) in [5.74, 6) is 0.836. The molecule has 0 heterocycles. The molecule has 0 atom stereocenters. The van der Waals surface area contributed by atoms with Crippen LogP contribution < -0.4 is 15.8 Å². The fourth-order valence-corrected chi connectivity index (χ4v) is 2.72. The zero-order valence-corrected chi connectivity index (χ0v) is 12.2. The average Bonchev–Trinajstić information content (AvgIpc) is 2.95. The topological polar surface area (TPSA) is 64.3 Å². The molecule has 4 nitrogen and oxygen atoms in total. The number of amides is 1. The molecular weight excluding hydrogens is 252 g/mol. The maximum Gasteiger partial charge on any atom is 0.231 e. The summed E-state index contributed by atoms with van der Waals surface area (Å²) in [4.78, 5) is 12.5. The van der Waals surface area contributed by atoms with Gasteiger partial charge in [-0.15, -0.1) is 0 Å². The van der Waals surface area contributed by atoms with E-state index in [0.29, 0.717) is 13.2 Å². The largest absolute Gasteiger partial charge is 0.494 e. The second-order valence-electron chi connectivity index (χ2n) is 5.52. The molecule has 1 aliphatic rings. The molecule has 2 rings (SSSR count). The number of hydrogen-bond acceptors (Lipinski definition) is 3. The van der Waals surface area contributed by atoms with Crippen LogP contribution in [0.1, 0.15) is 39.0 Å². The first-order valence-corrected chi connectivity index (χ1v) is 7.44. The Kier molecular flexibility index (Phi) is 5.01. The van der Waals surface area contributed by atoms with Gasteiger partial charge in [-0.25, -0.2) is 0 Å². The monoisotopic (exact) mass is 276 g/mol. The Hall–Kier alpha value is -1.55. The van der Waals surface area contributed by atoms with Crippen LogP contribution in [0.5, 0.6) is 5.75 Å². The van der Waals surface area contributed by atoms with Gasteiger partial charge in [0.05, 0.1) is 12.0 Å². The highest BCUT2D eigenvalue weighted by Gasteiger charge is 2.39. The molecule has 1 amide bonds. The fourth-order valence-electron chi connectivity index (χ4n) is 2.72. The second kappa shape index (κ2) is 6.75. The van der Waals surface area contributed by atoms with Gasteiger partial charge in [-0.05, 0) is 31.4 Å². The van der Waals surface area contributed by atoms with Crippen molar-refractivity contribution in [2.24, 2.45) is 11.1 Å². The minimum Gasteiger partial charge on any atom is -0.494 e. The van der Waals surface area contributed by atoms with Crippen molar-refractivity contribution in [1.82, 2.24) is 0 Å². The smallest absolute Gasteiger partial charge is 0.231 e. The number of hydrogen-bond donors (Lipinski definition) is 2. The van der Waals surface area contributed by atoms with Gasteiger partial charge >= 0.3 is 0 Å². The number of benzene rings is 1. The van der Waals surface area contributed by atoms with E-state index in [0.717, 1.165) is 43.5 Å². The van der Waals surface area contributed by atoms with E-state index in [4.69, 9.17) is 10.5 Å². The average molecular weight is 276 g/mol. The molecule has 20 heavy (non-hydrogen) atoms. The lowest BCUT2D eigenvalue weighted by Gasteiger charge is -2.25. The zero-order chi connectivity index (χ0) is 14.4. The van der Waals surface area contributed by atoms with E-state index in [1.807, 2.05) is 24.3 Å². The first kappa shape index (κ1) is 14.9. The fraction of sp³-hybridized carbons (Fsp3) is 0.562. The predicted molar refractivity (Wildman–Crippen MR) is 80.8 cm³/mol. The first-order valence-electron chi connectivity index (χ1n) is 7.44. The maximum atomic E-state index is 12.5. The summed E-state index contributed by atoms with van der Waals surface area (Å²) < 4.78 is 5.58. The minimum atomic E-state index is -0.375. The normalized spacial score (nSPS) is 16.9. The molecule has 0 spiro atoms. The molecule has 0 aromatic heterocycles. The quantitative estimate of drug-likeness (QED) is 0.839. The van der Waals surface area contributed by atoms with Crippen molar-refractivity contribution in [3.8, 4) is 5.75 Å². The summed E-state index contributed by atoms with van der Waals surface area (Å²) in [7, 11) is 0. The van der Waals surface area contributed by atoms with Crippen molar-refractivity contribution < 1.29 is 9.53 Å². The predicted octanol–water partition coefficient (Wildman–Crippen LogP) is 2.93. The number of carbonyl (C=O) groups excluding carboxylic acids is 1. The van der Waals surface area contributed by atoms with Crippen molar-refractivity contribution in [3.63, 3.8) is 0 Å². The highest BCUT2D eigenvalue weighted by Crippen LogP contribution is 2.38. The van der Waals surface area contributed by atoms with Crippen LogP contribution >= 0.6 is 0 Å². The summed E-state index contributed by atoms with van der Waals surface area (Å²) in [6.07, 6.45) is 4.92. The molecule has 1 saturated carbocycles. The highest BCUT2D eigenvalue weighted by atomic mass is 16.5. The van der Waals surface area contributed by atoms with Gasteiger partial charge in [-0.2, -0.15) is 0 Å². The molecule has 3 N–H and O–H groups in total. The van der Waals surface area contributed by atoms with Crippen LogP contribution in [0.2, 0.25) is 0 Å². The van der Waals surface area contributed by atoms with E-state index in [9.17, 15) is 4.79 Å². The van der Waals surface area contributed by atoms with E-state index in [2.05, 4.69) is 12.2 Å². The van der Waals surface area contributed by atoms with Crippen molar-refractivity contribution in [2.75, 3.05) is 18.5 Å². The molecule has 1 fully saturated rings. The molecule has 0 unspecified atom stereocenters. The van der Waals surface area contributed by atoms with E-state index in [1.54, 1.807) is 0 Å². The highest BCUT2D eigenvalue weighted by molar-refractivity contribution is 5.95. The van der Waals surface area contributed by atoms with E-state index in [-0.39, 0.29) is 11.3 Å². The second-order valence-corrected chi connectivity index (χ2v) is 5.52. The van der Waals surface area contributed by atoms with Crippen LogP contribution in [0.25, 0.3) is 0 Å². The third-order valence-electron chi connectivity index (χ3n) is 4.00. The molecule has 0 aliphatic heterocycles. The first-order chi connectivity index (χ1) is 9.70. The lowest BCUT2D eigenvalue weighted by atomic mass is 9.85. The summed E-state index contributed by atoms with van der Waals surface area (Å²) >= 11 is 0. The summed E-state index contributed by atoms with van der Waals surface area (Å²) in [6.45, 7) is 3.17. The number of nitrogens with one attached hydrogen (secondary N) is 1. The van der Waals surface area contributed by atoms with E-state index >= 15 is 0 Å². The summed E-state index contributed by atoms with van der Waals surface area (Å²) in [6, 6.07) is 7.55. The van der Waals surface area contributed by atoms with Gasteiger partial charge in [0.25, 0.3) is 0 Å². The molecule has 1 aliphatic carbocycles. The molecule has 0 saturated heterocycles. The van der Waals surface area contributed by atoms with Crippen molar-refractivity contribution in [2.45, 2.75) is 39.0 Å². The number of nitrogens with two attached hydrogens (primary N) is 1. The molecule has 0 bridgehead atoms. The molecule has 1 aromatic carbocycles. The van der Waals surface area contributed by atoms with Gasteiger partial charge in [0.15, 0.2) is 0 Å². The zero-order valence-electron chi connectivity index (χ0n) is 12.2. The Labute approximate surface area is 120 Å². The number of anilines is 1. The summed E-state index contributed by atoms with van der Waals surface area (Å²) in [5.41, 5.74) is 6.24. The molecule has 110 valence electrons. The van der Waals surface area contributed by atoms with Gasteiger partial charge in [0, 0.05) is 18.3 Å². The van der Waals surface area contributed by atoms with Crippen LogP contribution in [0.3, 0.4) is 0 Å².